The quantitative estimate of drug-likeness (QED) is 0.225. The van der Waals surface area contributed by atoms with Crippen LogP contribution in [0.1, 0.15) is 26.5 Å². The summed E-state index contributed by atoms with van der Waals surface area (Å²) in [6.45, 7) is 0.606. The first-order valence-electron chi connectivity index (χ1n) is 11.9. The number of ether oxygens (including phenoxy) is 1. The number of hydrogen-bond donors (Lipinski definition) is 3. The van der Waals surface area contributed by atoms with Crippen molar-refractivity contribution in [3.8, 4) is 22.6 Å². The number of nitrogens with one attached hydrogen (secondary N) is 1. The van der Waals surface area contributed by atoms with Gasteiger partial charge in [0, 0.05) is 6.54 Å². The summed E-state index contributed by atoms with van der Waals surface area (Å²) in [7, 11) is 0. The number of nitrogens with zero attached hydrogens (tertiary/aromatic N) is 1. The number of carbonyl (C=O) groups excluding carboxylic acids is 1. The molecule has 0 atom stereocenters. The molecule has 0 spiro atoms. The highest BCUT2D eigenvalue weighted by Crippen LogP contribution is 2.34. The number of carbonyl (C=O) groups is 2. The van der Waals surface area contributed by atoms with Gasteiger partial charge < -0.3 is 20.3 Å². The predicted molar refractivity (Wildman–Crippen MR) is 146 cm³/mol. The molecule has 190 valence electrons. The van der Waals surface area contributed by atoms with Crippen LogP contribution in [0.25, 0.3) is 21.3 Å². The zero-order valence-corrected chi connectivity index (χ0v) is 21.1. The van der Waals surface area contributed by atoms with Crippen LogP contribution in [0.4, 0.5) is 0 Å². The number of thiazole rings is 1. The SMILES string of the molecule is O=C(Cc1nc2ccc(-c3ccc(OCc4ccccc4)c(O)c3)cc2s1)NCc1cccc(C(=O)O)c1. The van der Waals surface area contributed by atoms with Crippen molar-refractivity contribution < 1.29 is 24.5 Å². The highest BCUT2D eigenvalue weighted by atomic mass is 32.1. The monoisotopic (exact) mass is 524 g/mol. The molecule has 3 N–H and O–H groups in total. The fraction of sp³-hybridized carbons (Fsp3) is 0.100. The standard InChI is InChI=1S/C30H24N2O5S/c33-25-14-21(10-12-26(25)37-18-19-5-2-1-3-6-19)22-9-11-24-27(15-22)38-29(32-24)16-28(34)31-17-20-7-4-8-23(13-20)30(35)36/h1-15,33H,16-18H2,(H,31,34)(H,35,36). The summed E-state index contributed by atoms with van der Waals surface area (Å²) < 4.78 is 6.70. The van der Waals surface area contributed by atoms with Gasteiger partial charge in [-0.2, -0.15) is 0 Å². The first-order valence-corrected chi connectivity index (χ1v) is 12.7. The maximum atomic E-state index is 12.5. The van der Waals surface area contributed by atoms with Crippen LogP contribution in [-0.4, -0.2) is 27.1 Å². The molecule has 0 radical (unpaired) electrons. The van der Waals surface area contributed by atoms with E-state index in [-0.39, 0.29) is 30.2 Å². The molecule has 0 fully saturated rings. The number of carboxylic acids is 1. The van der Waals surface area contributed by atoms with Crippen molar-refractivity contribution in [2.45, 2.75) is 19.6 Å². The molecule has 0 saturated heterocycles. The fourth-order valence-corrected chi connectivity index (χ4v) is 5.00. The van der Waals surface area contributed by atoms with Crippen molar-refractivity contribution in [3.05, 3.63) is 113 Å². The average molecular weight is 525 g/mol. The summed E-state index contributed by atoms with van der Waals surface area (Å²) in [5.74, 6) is -0.718. The number of hydrogen-bond acceptors (Lipinski definition) is 6. The molecular formula is C30H24N2O5S. The van der Waals surface area contributed by atoms with E-state index in [1.807, 2.05) is 54.6 Å². The van der Waals surface area contributed by atoms with Gasteiger partial charge in [0.05, 0.1) is 22.2 Å². The number of phenols is 1. The lowest BCUT2D eigenvalue weighted by atomic mass is 10.0. The lowest BCUT2D eigenvalue weighted by molar-refractivity contribution is -0.120. The summed E-state index contributed by atoms with van der Waals surface area (Å²) >= 11 is 1.44. The molecule has 0 saturated carbocycles. The van der Waals surface area contributed by atoms with E-state index in [2.05, 4.69) is 10.3 Å². The molecule has 1 heterocycles. The Morgan fingerprint density at radius 3 is 2.42 bits per heavy atom. The van der Waals surface area contributed by atoms with Gasteiger partial charge >= 0.3 is 5.97 Å². The van der Waals surface area contributed by atoms with Crippen LogP contribution >= 0.6 is 11.3 Å². The van der Waals surface area contributed by atoms with Crippen molar-refractivity contribution in [1.82, 2.24) is 10.3 Å². The number of phenolic OH excluding ortho intramolecular Hbond substituents is 1. The van der Waals surface area contributed by atoms with Gasteiger partial charge in [-0.3, -0.25) is 4.79 Å². The maximum absolute atomic E-state index is 12.5. The van der Waals surface area contributed by atoms with E-state index in [4.69, 9.17) is 9.84 Å². The van der Waals surface area contributed by atoms with Gasteiger partial charge in [-0.15, -0.1) is 11.3 Å². The van der Waals surface area contributed by atoms with Crippen molar-refractivity contribution in [2.24, 2.45) is 0 Å². The topological polar surface area (TPSA) is 109 Å². The van der Waals surface area contributed by atoms with Crippen LogP contribution in [-0.2, 0) is 24.4 Å². The number of amides is 1. The third-order valence-electron chi connectivity index (χ3n) is 5.94. The molecule has 0 aliphatic carbocycles. The second-order valence-electron chi connectivity index (χ2n) is 8.71. The number of carboxylic acid groups (broad SMARTS) is 1. The molecule has 0 aliphatic rings. The number of aromatic nitrogens is 1. The summed E-state index contributed by atoms with van der Waals surface area (Å²) in [5.41, 5.74) is 4.47. The Balaban J connectivity index is 1.23. The molecule has 4 aromatic carbocycles. The van der Waals surface area contributed by atoms with Gasteiger partial charge in [-0.05, 0) is 58.7 Å². The van der Waals surface area contributed by atoms with Gasteiger partial charge in [-0.1, -0.05) is 54.6 Å². The number of fused-ring (bicyclic) bond motifs is 1. The Morgan fingerprint density at radius 2 is 1.63 bits per heavy atom. The number of aromatic carboxylic acids is 1. The summed E-state index contributed by atoms with van der Waals surface area (Å²) in [5, 5.41) is 23.1. The second kappa shape index (κ2) is 11.1. The molecule has 1 aromatic heterocycles. The van der Waals surface area contributed by atoms with Crippen molar-refractivity contribution in [3.63, 3.8) is 0 Å². The minimum Gasteiger partial charge on any atom is -0.504 e. The molecular weight excluding hydrogens is 500 g/mol. The molecule has 5 aromatic rings. The number of rotatable bonds is 9. The van der Waals surface area contributed by atoms with Crippen LogP contribution in [0.5, 0.6) is 11.5 Å². The minimum atomic E-state index is -1.01. The van der Waals surface area contributed by atoms with Crippen LogP contribution in [0.2, 0.25) is 0 Å². The molecule has 0 unspecified atom stereocenters. The predicted octanol–water partition coefficient (Wildman–Crippen LogP) is 5.81. The largest absolute Gasteiger partial charge is 0.504 e. The second-order valence-corrected chi connectivity index (χ2v) is 9.82. The van der Waals surface area contributed by atoms with Crippen molar-refractivity contribution in [2.75, 3.05) is 0 Å². The smallest absolute Gasteiger partial charge is 0.335 e. The lowest BCUT2D eigenvalue weighted by Gasteiger charge is -2.10. The van der Waals surface area contributed by atoms with E-state index >= 15 is 0 Å². The Bertz CT molecular complexity index is 1610. The lowest BCUT2D eigenvalue weighted by Crippen LogP contribution is -2.24. The first-order chi connectivity index (χ1) is 18.4. The Labute approximate surface area is 223 Å². The van der Waals surface area contributed by atoms with E-state index in [1.54, 1.807) is 30.3 Å². The van der Waals surface area contributed by atoms with E-state index in [9.17, 15) is 14.7 Å². The number of aromatic hydroxyl groups is 1. The summed E-state index contributed by atoms with van der Waals surface area (Å²) in [4.78, 5) is 28.2. The summed E-state index contributed by atoms with van der Waals surface area (Å²) in [6, 6.07) is 27.4. The van der Waals surface area contributed by atoms with Crippen LogP contribution in [0, 0.1) is 0 Å². The molecule has 7 nitrogen and oxygen atoms in total. The van der Waals surface area contributed by atoms with Gasteiger partial charge in [-0.25, -0.2) is 9.78 Å². The number of benzene rings is 4. The zero-order valence-electron chi connectivity index (χ0n) is 20.3. The fourth-order valence-electron chi connectivity index (χ4n) is 4.00. The van der Waals surface area contributed by atoms with Crippen molar-refractivity contribution in [1.29, 1.82) is 0 Å². The Kier molecular flexibility index (Phi) is 7.33. The highest BCUT2D eigenvalue weighted by Gasteiger charge is 2.12. The third-order valence-corrected chi connectivity index (χ3v) is 6.96. The molecule has 5 rings (SSSR count). The van der Waals surface area contributed by atoms with E-state index in [1.165, 1.54) is 17.4 Å². The van der Waals surface area contributed by atoms with Crippen molar-refractivity contribution >= 4 is 33.4 Å². The van der Waals surface area contributed by atoms with Crippen LogP contribution < -0.4 is 10.1 Å². The molecule has 1 amide bonds. The summed E-state index contributed by atoms with van der Waals surface area (Å²) in [6.07, 6.45) is 0.127. The molecule has 8 heteroatoms. The Morgan fingerprint density at radius 1 is 0.868 bits per heavy atom. The minimum absolute atomic E-state index is 0.0640. The molecule has 0 bridgehead atoms. The first kappa shape index (κ1) is 25.0. The van der Waals surface area contributed by atoms with E-state index in [0.717, 1.165) is 26.9 Å². The normalized spacial score (nSPS) is 10.8. The van der Waals surface area contributed by atoms with Crippen LogP contribution in [0.15, 0.2) is 91.0 Å². The maximum Gasteiger partial charge on any atom is 0.335 e. The zero-order chi connectivity index (χ0) is 26.5. The molecule has 38 heavy (non-hydrogen) atoms. The molecule has 0 aliphatic heterocycles. The van der Waals surface area contributed by atoms with E-state index < -0.39 is 5.97 Å². The average Bonchev–Trinajstić information content (AvgIpc) is 3.33. The van der Waals surface area contributed by atoms with Gasteiger partial charge in [0.15, 0.2) is 11.5 Å². The van der Waals surface area contributed by atoms with Gasteiger partial charge in [0.2, 0.25) is 5.91 Å². The van der Waals surface area contributed by atoms with Gasteiger partial charge in [0.1, 0.15) is 11.6 Å². The Hall–Kier alpha value is -4.69. The van der Waals surface area contributed by atoms with E-state index in [0.29, 0.717) is 22.9 Å². The third kappa shape index (κ3) is 5.99. The van der Waals surface area contributed by atoms with Gasteiger partial charge in [0.25, 0.3) is 0 Å². The highest BCUT2D eigenvalue weighted by molar-refractivity contribution is 7.18. The van der Waals surface area contributed by atoms with Crippen LogP contribution in [0.3, 0.4) is 0 Å².